The van der Waals surface area contributed by atoms with Gasteiger partial charge in [-0.05, 0) is 17.9 Å². The fourth-order valence-corrected chi connectivity index (χ4v) is 3.90. The van der Waals surface area contributed by atoms with E-state index in [-0.39, 0.29) is 24.1 Å². The van der Waals surface area contributed by atoms with Crippen molar-refractivity contribution >= 4 is 15.9 Å². The van der Waals surface area contributed by atoms with Crippen LogP contribution in [0.1, 0.15) is 31.7 Å². The number of oxime groups is 1. The number of hydrogen-bond acceptors (Lipinski definition) is 4. The molecule has 6 nitrogen and oxygen atoms in total. The van der Waals surface area contributed by atoms with Crippen LogP contribution in [0.25, 0.3) is 0 Å². The van der Waals surface area contributed by atoms with Crippen molar-refractivity contribution in [2.75, 3.05) is 18.8 Å². The molecule has 7 heteroatoms. The SMILES string of the molecule is CCCN(C/C(N)=N/O)S(=O)(=O)CC(C)c1ccccc1. The smallest absolute Gasteiger partial charge is 0.215 e. The van der Waals surface area contributed by atoms with Crippen LogP contribution >= 0.6 is 0 Å². The number of rotatable bonds is 8. The normalized spacial score (nSPS) is 14.3. The predicted molar refractivity (Wildman–Crippen MR) is 83.9 cm³/mol. The molecule has 1 unspecified atom stereocenters. The lowest BCUT2D eigenvalue weighted by atomic mass is 10.0. The molecule has 0 saturated heterocycles. The maximum Gasteiger partial charge on any atom is 0.215 e. The predicted octanol–water partition coefficient (Wildman–Crippen LogP) is 1.58. The minimum Gasteiger partial charge on any atom is -0.409 e. The zero-order valence-electron chi connectivity index (χ0n) is 12.4. The summed E-state index contributed by atoms with van der Waals surface area (Å²) in [6, 6.07) is 9.49. The first-order valence-corrected chi connectivity index (χ1v) is 8.50. The number of nitrogens with two attached hydrogens (primary N) is 1. The quantitative estimate of drug-likeness (QED) is 0.329. The maximum atomic E-state index is 12.5. The summed E-state index contributed by atoms with van der Waals surface area (Å²) >= 11 is 0. The number of nitrogens with zero attached hydrogens (tertiary/aromatic N) is 2. The van der Waals surface area contributed by atoms with Gasteiger partial charge in [-0.1, -0.05) is 49.3 Å². The Balaban J connectivity index is 2.86. The molecule has 0 aliphatic heterocycles. The average molecular weight is 313 g/mol. The summed E-state index contributed by atoms with van der Waals surface area (Å²) in [7, 11) is -3.48. The van der Waals surface area contributed by atoms with Gasteiger partial charge in [0.15, 0.2) is 5.84 Å². The van der Waals surface area contributed by atoms with E-state index in [1.54, 1.807) is 0 Å². The molecule has 0 aliphatic carbocycles. The lowest BCUT2D eigenvalue weighted by Crippen LogP contribution is -2.41. The number of amidine groups is 1. The van der Waals surface area contributed by atoms with Crippen molar-refractivity contribution in [3.05, 3.63) is 35.9 Å². The van der Waals surface area contributed by atoms with Crippen LogP contribution in [-0.4, -0.2) is 42.6 Å². The minimum atomic E-state index is -3.48. The molecule has 118 valence electrons. The monoisotopic (exact) mass is 313 g/mol. The molecule has 1 aromatic carbocycles. The van der Waals surface area contributed by atoms with E-state index in [0.29, 0.717) is 13.0 Å². The van der Waals surface area contributed by atoms with Crippen molar-refractivity contribution < 1.29 is 13.6 Å². The molecule has 0 radical (unpaired) electrons. The van der Waals surface area contributed by atoms with Crippen molar-refractivity contribution in [1.82, 2.24) is 4.31 Å². The first kappa shape index (κ1) is 17.5. The van der Waals surface area contributed by atoms with Crippen LogP contribution < -0.4 is 5.73 Å². The van der Waals surface area contributed by atoms with Crippen LogP contribution in [0.15, 0.2) is 35.5 Å². The summed E-state index contributed by atoms with van der Waals surface area (Å²) in [5, 5.41) is 11.5. The molecule has 1 atom stereocenters. The molecule has 0 aliphatic rings. The van der Waals surface area contributed by atoms with Crippen molar-refractivity contribution in [2.24, 2.45) is 10.9 Å². The average Bonchev–Trinajstić information content (AvgIpc) is 2.47. The Morgan fingerprint density at radius 3 is 2.52 bits per heavy atom. The minimum absolute atomic E-state index is 0.00424. The Morgan fingerprint density at radius 2 is 2.00 bits per heavy atom. The molecule has 0 heterocycles. The molecule has 0 spiro atoms. The topological polar surface area (TPSA) is 96.0 Å². The Kier molecular flexibility index (Phi) is 6.64. The van der Waals surface area contributed by atoms with Crippen LogP contribution in [0.5, 0.6) is 0 Å². The number of sulfonamides is 1. The zero-order valence-corrected chi connectivity index (χ0v) is 13.3. The molecule has 0 aromatic heterocycles. The fourth-order valence-electron chi connectivity index (χ4n) is 2.08. The van der Waals surface area contributed by atoms with E-state index >= 15 is 0 Å². The molecule has 1 rings (SSSR count). The van der Waals surface area contributed by atoms with Crippen LogP contribution in [0.2, 0.25) is 0 Å². The third-order valence-electron chi connectivity index (χ3n) is 3.16. The fraction of sp³-hybridized carbons (Fsp3) is 0.500. The van der Waals surface area contributed by atoms with E-state index in [9.17, 15) is 8.42 Å². The van der Waals surface area contributed by atoms with Gasteiger partial charge >= 0.3 is 0 Å². The highest BCUT2D eigenvalue weighted by Gasteiger charge is 2.25. The molecule has 0 fully saturated rings. The lowest BCUT2D eigenvalue weighted by Gasteiger charge is -2.23. The highest BCUT2D eigenvalue weighted by molar-refractivity contribution is 7.89. The summed E-state index contributed by atoms with van der Waals surface area (Å²) < 4.78 is 26.2. The summed E-state index contributed by atoms with van der Waals surface area (Å²) in [6.45, 7) is 4.02. The molecule has 1 aromatic rings. The number of hydrogen-bond donors (Lipinski definition) is 2. The van der Waals surface area contributed by atoms with Gasteiger partial charge in [0.25, 0.3) is 0 Å². The van der Waals surface area contributed by atoms with Crippen molar-refractivity contribution in [1.29, 1.82) is 0 Å². The highest BCUT2D eigenvalue weighted by atomic mass is 32.2. The number of benzene rings is 1. The largest absolute Gasteiger partial charge is 0.409 e. The highest BCUT2D eigenvalue weighted by Crippen LogP contribution is 2.18. The first-order chi connectivity index (χ1) is 9.90. The van der Waals surface area contributed by atoms with Gasteiger partial charge in [-0.15, -0.1) is 0 Å². The second-order valence-electron chi connectivity index (χ2n) is 5.02. The van der Waals surface area contributed by atoms with Crippen LogP contribution in [0, 0.1) is 0 Å². The summed E-state index contributed by atoms with van der Waals surface area (Å²) in [4.78, 5) is 0. The summed E-state index contributed by atoms with van der Waals surface area (Å²) in [5.41, 5.74) is 6.41. The summed E-state index contributed by atoms with van der Waals surface area (Å²) in [5.74, 6) is -0.238. The van der Waals surface area contributed by atoms with E-state index in [2.05, 4.69) is 5.16 Å². The van der Waals surface area contributed by atoms with Gasteiger partial charge in [0.2, 0.25) is 10.0 Å². The van der Waals surface area contributed by atoms with Crippen LogP contribution in [-0.2, 0) is 10.0 Å². The van der Waals surface area contributed by atoms with E-state index < -0.39 is 10.0 Å². The summed E-state index contributed by atoms with van der Waals surface area (Å²) in [6.07, 6.45) is 0.664. The Hall–Kier alpha value is -1.60. The molecule has 21 heavy (non-hydrogen) atoms. The van der Waals surface area contributed by atoms with Crippen molar-refractivity contribution in [2.45, 2.75) is 26.2 Å². The molecule has 0 amide bonds. The molecule has 0 saturated carbocycles. The van der Waals surface area contributed by atoms with E-state index in [1.807, 2.05) is 44.2 Å². The Labute approximate surface area is 126 Å². The first-order valence-electron chi connectivity index (χ1n) is 6.89. The van der Waals surface area contributed by atoms with E-state index in [1.165, 1.54) is 4.31 Å². The van der Waals surface area contributed by atoms with E-state index in [4.69, 9.17) is 10.9 Å². The van der Waals surface area contributed by atoms with Gasteiger partial charge in [-0.2, -0.15) is 4.31 Å². The third kappa shape index (κ3) is 5.35. The standard InChI is InChI=1S/C14H23N3O3S/c1-3-9-17(10-14(15)16-18)21(19,20)11-12(2)13-7-5-4-6-8-13/h4-8,12,18H,3,9-11H2,1-2H3,(H2,15,16). The molecular formula is C14H23N3O3S. The van der Waals surface area contributed by atoms with Gasteiger partial charge in [-0.25, -0.2) is 8.42 Å². The third-order valence-corrected chi connectivity index (χ3v) is 5.18. The van der Waals surface area contributed by atoms with Crippen molar-refractivity contribution in [3.63, 3.8) is 0 Å². The van der Waals surface area contributed by atoms with Crippen LogP contribution in [0.4, 0.5) is 0 Å². The van der Waals surface area contributed by atoms with Crippen LogP contribution in [0.3, 0.4) is 0 Å². The van der Waals surface area contributed by atoms with Gasteiger partial charge in [-0.3, -0.25) is 0 Å². The Morgan fingerprint density at radius 1 is 1.38 bits per heavy atom. The van der Waals surface area contributed by atoms with Crippen molar-refractivity contribution in [3.8, 4) is 0 Å². The van der Waals surface area contributed by atoms with E-state index in [0.717, 1.165) is 5.56 Å². The molecule has 3 N–H and O–H groups in total. The second kappa shape index (κ2) is 7.99. The second-order valence-corrected chi connectivity index (χ2v) is 7.03. The van der Waals surface area contributed by atoms with Gasteiger partial charge in [0.1, 0.15) is 0 Å². The maximum absolute atomic E-state index is 12.5. The molecular weight excluding hydrogens is 290 g/mol. The van der Waals surface area contributed by atoms with Gasteiger partial charge in [0, 0.05) is 6.54 Å². The van der Waals surface area contributed by atoms with Gasteiger partial charge in [0.05, 0.1) is 12.3 Å². The van der Waals surface area contributed by atoms with Gasteiger partial charge < -0.3 is 10.9 Å². The lowest BCUT2D eigenvalue weighted by molar-refractivity contribution is 0.314. The molecule has 0 bridgehead atoms. The Bertz CT molecular complexity index is 558. The zero-order chi connectivity index (χ0) is 15.9.